The summed E-state index contributed by atoms with van der Waals surface area (Å²) in [6, 6.07) is 3.84. The summed E-state index contributed by atoms with van der Waals surface area (Å²) < 4.78 is 4.98. The summed E-state index contributed by atoms with van der Waals surface area (Å²) in [5.41, 5.74) is 0.652. The predicted molar refractivity (Wildman–Crippen MR) is 121 cm³/mol. The predicted octanol–water partition coefficient (Wildman–Crippen LogP) is 2.32. The molecule has 31 heavy (non-hydrogen) atoms. The Morgan fingerprint density at radius 1 is 1.23 bits per heavy atom. The average Bonchev–Trinajstić information content (AvgIpc) is 3.43. The molecule has 0 spiro atoms. The van der Waals surface area contributed by atoms with Crippen LogP contribution in [0.2, 0.25) is 0 Å². The molecule has 3 amide bonds. The van der Waals surface area contributed by atoms with Gasteiger partial charge in [0.15, 0.2) is 5.13 Å². The van der Waals surface area contributed by atoms with Gasteiger partial charge in [0.25, 0.3) is 0 Å². The molecule has 168 valence electrons. The van der Waals surface area contributed by atoms with E-state index in [1.54, 1.807) is 28.7 Å². The van der Waals surface area contributed by atoms with Crippen molar-refractivity contribution >= 4 is 45.5 Å². The number of nitrogens with zero attached hydrogens (tertiary/aromatic N) is 2. The van der Waals surface area contributed by atoms with Crippen LogP contribution in [0.1, 0.15) is 29.8 Å². The van der Waals surface area contributed by atoms with Crippen LogP contribution in [0.25, 0.3) is 0 Å². The highest BCUT2D eigenvalue weighted by Crippen LogP contribution is 2.20. The second-order valence-corrected chi connectivity index (χ2v) is 9.31. The van der Waals surface area contributed by atoms with Gasteiger partial charge in [-0.15, -0.1) is 22.7 Å². The maximum atomic E-state index is 12.6. The zero-order valence-electron chi connectivity index (χ0n) is 17.6. The maximum absolute atomic E-state index is 12.6. The fraction of sp³-hybridized carbons (Fsp3) is 0.524. The van der Waals surface area contributed by atoms with Crippen molar-refractivity contribution in [3.8, 4) is 0 Å². The summed E-state index contributed by atoms with van der Waals surface area (Å²) in [4.78, 5) is 44.1. The first kappa shape index (κ1) is 23.4. The van der Waals surface area contributed by atoms with Crippen LogP contribution in [0.3, 0.4) is 0 Å². The van der Waals surface area contributed by atoms with E-state index in [0.29, 0.717) is 56.3 Å². The lowest BCUT2D eigenvalue weighted by atomic mass is 9.95. The van der Waals surface area contributed by atoms with Gasteiger partial charge >= 0.3 is 0 Å². The molecule has 0 saturated carbocycles. The molecule has 10 heteroatoms. The molecule has 0 radical (unpaired) electrons. The lowest BCUT2D eigenvalue weighted by molar-refractivity contribution is -0.135. The molecular weight excluding hydrogens is 436 g/mol. The van der Waals surface area contributed by atoms with Crippen molar-refractivity contribution in [2.45, 2.75) is 32.1 Å². The summed E-state index contributed by atoms with van der Waals surface area (Å²) in [7, 11) is 1.64. The van der Waals surface area contributed by atoms with E-state index in [9.17, 15) is 14.4 Å². The van der Waals surface area contributed by atoms with E-state index < -0.39 is 0 Å². The molecule has 1 aliphatic heterocycles. The third kappa shape index (κ3) is 7.41. The fourth-order valence-corrected chi connectivity index (χ4v) is 4.84. The number of likely N-dealkylation sites (tertiary alicyclic amines) is 1. The van der Waals surface area contributed by atoms with Crippen LogP contribution < -0.4 is 10.6 Å². The molecule has 2 aromatic heterocycles. The monoisotopic (exact) mass is 464 g/mol. The summed E-state index contributed by atoms with van der Waals surface area (Å²) >= 11 is 2.86. The first-order valence-corrected chi connectivity index (χ1v) is 12.1. The van der Waals surface area contributed by atoms with Gasteiger partial charge in [0.1, 0.15) is 0 Å². The minimum atomic E-state index is -0.114. The smallest absolute Gasteiger partial charge is 0.231 e. The molecule has 2 N–H and O–H groups in total. The SMILES string of the molecule is COCCCNC(=O)C1CCN(C(=O)Cc2csc(NC(=O)Cc3cccs3)n2)CC1. The van der Waals surface area contributed by atoms with E-state index in [1.165, 1.54) is 11.3 Å². The zero-order valence-corrected chi connectivity index (χ0v) is 19.2. The highest BCUT2D eigenvalue weighted by atomic mass is 32.1. The third-order valence-electron chi connectivity index (χ3n) is 5.09. The van der Waals surface area contributed by atoms with E-state index in [4.69, 9.17) is 4.74 Å². The van der Waals surface area contributed by atoms with Crippen LogP contribution in [0.15, 0.2) is 22.9 Å². The minimum Gasteiger partial charge on any atom is -0.385 e. The van der Waals surface area contributed by atoms with Crippen LogP contribution in [-0.4, -0.2) is 61.0 Å². The van der Waals surface area contributed by atoms with Gasteiger partial charge in [0.05, 0.1) is 18.5 Å². The number of carbonyl (C=O) groups excluding carboxylic acids is 3. The Labute approximate surface area is 190 Å². The fourth-order valence-electron chi connectivity index (χ4n) is 3.41. The van der Waals surface area contributed by atoms with Crippen molar-refractivity contribution in [1.29, 1.82) is 0 Å². The van der Waals surface area contributed by atoms with E-state index >= 15 is 0 Å². The van der Waals surface area contributed by atoms with Gasteiger partial charge in [0.2, 0.25) is 17.7 Å². The van der Waals surface area contributed by atoms with Crippen LogP contribution in [0, 0.1) is 5.92 Å². The number of thiophene rings is 1. The Morgan fingerprint density at radius 2 is 2.03 bits per heavy atom. The topological polar surface area (TPSA) is 101 Å². The molecule has 0 unspecified atom stereocenters. The Hall–Kier alpha value is -2.30. The standard InChI is InChI=1S/C21H28N4O4S2/c1-29-10-3-7-22-20(28)15-5-8-25(9-6-15)19(27)12-16-14-31-21(23-16)24-18(26)13-17-4-2-11-30-17/h2,4,11,14-15H,3,5-10,12-13H2,1H3,(H,22,28)(H,23,24,26). The first-order chi connectivity index (χ1) is 15.0. The normalized spacial score (nSPS) is 14.4. The molecule has 1 aliphatic rings. The number of anilines is 1. The molecule has 3 heterocycles. The largest absolute Gasteiger partial charge is 0.385 e. The molecule has 1 saturated heterocycles. The number of aromatic nitrogens is 1. The molecule has 1 fully saturated rings. The Kier molecular flexibility index (Phi) is 8.98. The lowest BCUT2D eigenvalue weighted by Gasteiger charge is -2.31. The molecule has 0 aliphatic carbocycles. The molecule has 3 rings (SSSR count). The first-order valence-electron chi connectivity index (χ1n) is 10.4. The number of piperidine rings is 1. The van der Waals surface area contributed by atoms with Crippen molar-refractivity contribution in [3.05, 3.63) is 33.5 Å². The summed E-state index contributed by atoms with van der Waals surface area (Å²) in [6.07, 6.45) is 2.65. The quantitative estimate of drug-likeness (QED) is 0.526. The van der Waals surface area contributed by atoms with E-state index in [2.05, 4.69) is 15.6 Å². The van der Waals surface area contributed by atoms with Gasteiger partial charge < -0.3 is 20.3 Å². The Balaban J connectivity index is 1.39. The minimum absolute atomic E-state index is 0.000662. The number of thiazole rings is 1. The van der Waals surface area contributed by atoms with Gasteiger partial charge in [0, 0.05) is 49.5 Å². The molecule has 0 atom stereocenters. The Morgan fingerprint density at radius 3 is 2.74 bits per heavy atom. The van der Waals surface area contributed by atoms with Crippen LogP contribution in [0.5, 0.6) is 0 Å². The molecule has 2 aromatic rings. The number of ether oxygens (including phenoxy) is 1. The number of hydrogen-bond acceptors (Lipinski definition) is 7. The molecular formula is C21H28N4O4S2. The zero-order chi connectivity index (χ0) is 22.1. The molecule has 0 bridgehead atoms. The highest BCUT2D eigenvalue weighted by molar-refractivity contribution is 7.14. The van der Waals surface area contributed by atoms with Gasteiger partial charge in [-0.2, -0.15) is 0 Å². The number of carbonyl (C=O) groups is 3. The summed E-state index contributed by atoms with van der Waals surface area (Å²) in [5.74, 6) is -0.0976. The molecule has 8 nitrogen and oxygen atoms in total. The number of methoxy groups -OCH3 is 1. The van der Waals surface area contributed by atoms with Crippen LogP contribution in [-0.2, 0) is 32.0 Å². The maximum Gasteiger partial charge on any atom is 0.231 e. The number of nitrogens with one attached hydrogen (secondary N) is 2. The van der Waals surface area contributed by atoms with Gasteiger partial charge in [-0.3, -0.25) is 14.4 Å². The average molecular weight is 465 g/mol. The van der Waals surface area contributed by atoms with Crippen LogP contribution in [0.4, 0.5) is 5.13 Å². The van der Waals surface area contributed by atoms with Crippen molar-refractivity contribution in [2.24, 2.45) is 5.92 Å². The van der Waals surface area contributed by atoms with Crippen molar-refractivity contribution in [3.63, 3.8) is 0 Å². The van der Waals surface area contributed by atoms with Crippen molar-refractivity contribution < 1.29 is 19.1 Å². The van der Waals surface area contributed by atoms with Gasteiger partial charge in [-0.05, 0) is 30.7 Å². The highest BCUT2D eigenvalue weighted by Gasteiger charge is 2.27. The number of rotatable bonds is 10. The van der Waals surface area contributed by atoms with Crippen molar-refractivity contribution in [1.82, 2.24) is 15.2 Å². The third-order valence-corrected chi connectivity index (χ3v) is 6.77. The van der Waals surface area contributed by atoms with Crippen molar-refractivity contribution in [2.75, 3.05) is 38.7 Å². The van der Waals surface area contributed by atoms with Gasteiger partial charge in [-0.1, -0.05) is 6.07 Å². The summed E-state index contributed by atoms with van der Waals surface area (Å²) in [6.45, 7) is 2.39. The van der Waals surface area contributed by atoms with Gasteiger partial charge in [-0.25, -0.2) is 4.98 Å². The van der Waals surface area contributed by atoms with E-state index in [1.807, 2.05) is 17.5 Å². The Bertz CT molecular complexity index is 861. The summed E-state index contributed by atoms with van der Waals surface area (Å²) in [5, 5.41) is 9.98. The molecule has 0 aromatic carbocycles. The van der Waals surface area contributed by atoms with Crippen LogP contribution >= 0.6 is 22.7 Å². The second kappa shape index (κ2) is 11.9. The number of amides is 3. The lowest BCUT2D eigenvalue weighted by Crippen LogP contribution is -2.43. The van der Waals surface area contributed by atoms with E-state index in [0.717, 1.165) is 11.3 Å². The second-order valence-electron chi connectivity index (χ2n) is 7.42. The number of hydrogen-bond donors (Lipinski definition) is 2. The van der Waals surface area contributed by atoms with E-state index in [-0.39, 0.29) is 30.1 Å².